The summed E-state index contributed by atoms with van der Waals surface area (Å²) in [6.45, 7) is 0. The third-order valence-electron chi connectivity index (χ3n) is 2.58. The van der Waals surface area contributed by atoms with Gasteiger partial charge in [0, 0.05) is 4.47 Å². The molecule has 0 bridgehead atoms. The highest BCUT2D eigenvalue weighted by Gasteiger charge is 2.19. The molecule has 21 heavy (non-hydrogen) atoms. The maximum absolute atomic E-state index is 13.2. The minimum Gasteiger partial charge on any atom is -0.478 e. The summed E-state index contributed by atoms with van der Waals surface area (Å²) < 4.78 is 40.3. The molecule has 0 aliphatic rings. The van der Waals surface area contributed by atoms with E-state index < -0.39 is 21.8 Å². The predicted octanol–water partition coefficient (Wildman–Crippen LogP) is 3.09. The number of halogens is 2. The van der Waals surface area contributed by atoms with Gasteiger partial charge in [0.2, 0.25) is 0 Å². The highest BCUT2D eigenvalue weighted by Crippen LogP contribution is 2.22. The van der Waals surface area contributed by atoms with Crippen LogP contribution in [0.3, 0.4) is 0 Å². The Hall–Kier alpha value is -1.93. The predicted molar refractivity (Wildman–Crippen MR) is 78.3 cm³/mol. The van der Waals surface area contributed by atoms with E-state index in [0.717, 1.165) is 18.2 Å². The van der Waals surface area contributed by atoms with Crippen molar-refractivity contribution >= 4 is 37.6 Å². The van der Waals surface area contributed by atoms with Gasteiger partial charge in [0.25, 0.3) is 10.0 Å². The first-order valence-electron chi connectivity index (χ1n) is 5.61. The van der Waals surface area contributed by atoms with Gasteiger partial charge in [0.15, 0.2) is 0 Å². The zero-order valence-electron chi connectivity index (χ0n) is 10.4. The number of anilines is 1. The van der Waals surface area contributed by atoms with Crippen molar-refractivity contribution in [1.29, 1.82) is 0 Å². The van der Waals surface area contributed by atoms with Crippen molar-refractivity contribution in [2.45, 2.75) is 4.90 Å². The van der Waals surface area contributed by atoms with Gasteiger partial charge in [-0.05, 0) is 42.5 Å². The van der Waals surface area contributed by atoms with Crippen LogP contribution >= 0.6 is 15.9 Å². The van der Waals surface area contributed by atoms with Crippen molar-refractivity contribution in [3.05, 3.63) is 58.3 Å². The number of sulfonamides is 1. The van der Waals surface area contributed by atoms with Gasteiger partial charge in [-0.2, -0.15) is 0 Å². The van der Waals surface area contributed by atoms with Gasteiger partial charge >= 0.3 is 5.97 Å². The molecule has 0 amide bonds. The summed E-state index contributed by atoms with van der Waals surface area (Å²) in [5.74, 6) is -2.10. The van der Waals surface area contributed by atoms with Crippen LogP contribution < -0.4 is 4.72 Å². The summed E-state index contributed by atoms with van der Waals surface area (Å²) in [6.07, 6.45) is 0. The fourth-order valence-electron chi connectivity index (χ4n) is 1.60. The molecule has 0 aromatic heterocycles. The largest absolute Gasteiger partial charge is 0.478 e. The van der Waals surface area contributed by atoms with Gasteiger partial charge in [-0.1, -0.05) is 15.9 Å². The van der Waals surface area contributed by atoms with Crippen molar-refractivity contribution in [2.24, 2.45) is 0 Å². The van der Waals surface area contributed by atoms with E-state index in [1.165, 1.54) is 24.3 Å². The zero-order valence-corrected chi connectivity index (χ0v) is 12.8. The number of nitrogens with one attached hydrogen (secondary N) is 1. The van der Waals surface area contributed by atoms with Crippen LogP contribution in [-0.2, 0) is 10.0 Å². The standard InChI is InChI=1S/C13H9BrFNO4S/c14-8-1-4-10(5-2-8)21(19,20)16-12-7-9(15)3-6-11(12)13(17)18/h1-7,16H,(H,17,18). The van der Waals surface area contributed by atoms with E-state index in [4.69, 9.17) is 5.11 Å². The highest BCUT2D eigenvalue weighted by molar-refractivity contribution is 9.10. The summed E-state index contributed by atoms with van der Waals surface area (Å²) in [4.78, 5) is 11.0. The molecular formula is C13H9BrFNO4S. The fourth-order valence-corrected chi connectivity index (χ4v) is 2.94. The Kier molecular flexibility index (Phi) is 4.29. The quantitative estimate of drug-likeness (QED) is 0.862. The molecule has 2 aromatic rings. The molecule has 5 nitrogen and oxygen atoms in total. The van der Waals surface area contributed by atoms with Crippen LogP contribution in [0.2, 0.25) is 0 Å². The van der Waals surface area contributed by atoms with E-state index >= 15 is 0 Å². The summed E-state index contributed by atoms with van der Waals surface area (Å²) in [5.41, 5.74) is -0.664. The number of benzene rings is 2. The average molecular weight is 374 g/mol. The summed E-state index contributed by atoms with van der Waals surface area (Å²) in [6, 6.07) is 8.49. The van der Waals surface area contributed by atoms with Crippen molar-refractivity contribution in [1.82, 2.24) is 0 Å². The molecule has 0 heterocycles. The van der Waals surface area contributed by atoms with Crippen LogP contribution in [0.1, 0.15) is 10.4 Å². The summed E-state index contributed by atoms with van der Waals surface area (Å²) in [7, 11) is -4.00. The Morgan fingerprint density at radius 3 is 2.33 bits per heavy atom. The number of carbonyl (C=O) groups is 1. The molecule has 0 atom stereocenters. The summed E-state index contributed by atoms with van der Waals surface area (Å²) in [5, 5.41) is 9.00. The molecule has 110 valence electrons. The lowest BCUT2D eigenvalue weighted by atomic mass is 10.2. The van der Waals surface area contributed by atoms with Gasteiger partial charge < -0.3 is 5.11 Å². The second-order valence-corrected chi connectivity index (χ2v) is 6.65. The third kappa shape index (κ3) is 3.59. The Morgan fingerprint density at radius 2 is 1.76 bits per heavy atom. The number of carboxylic acids is 1. The van der Waals surface area contributed by atoms with Crippen LogP contribution in [0.4, 0.5) is 10.1 Å². The second-order valence-electron chi connectivity index (χ2n) is 4.05. The average Bonchev–Trinajstić information content (AvgIpc) is 2.38. The SMILES string of the molecule is O=C(O)c1ccc(F)cc1NS(=O)(=O)c1ccc(Br)cc1. The molecule has 0 radical (unpaired) electrons. The van der Waals surface area contributed by atoms with Crippen molar-refractivity contribution in [2.75, 3.05) is 4.72 Å². The monoisotopic (exact) mass is 373 g/mol. The Labute approximate surface area is 128 Å². The van der Waals surface area contributed by atoms with E-state index in [-0.39, 0.29) is 16.1 Å². The lowest BCUT2D eigenvalue weighted by Crippen LogP contribution is -2.15. The molecule has 8 heteroatoms. The first-order chi connectivity index (χ1) is 9.79. The van der Waals surface area contributed by atoms with Crippen molar-refractivity contribution in [3.63, 3.8) is 0 Å². The minimum absolute atomic E-state index is 0.0636. The zero-order chi connectivity index (χ0) is 15.6. The molecule has 0 aliphatic carbocycles. The maximum atomic E-state index is 13.2. The van der Waals surface area contributed by atoms with Gasteiger partial charge in [0.1, 0.15) is 5.82 Å². The first kappa shape index (κ1) is 15.5. The number of rotatable bonds is 4. The van der Waals surface area contributed by atoms with Crippen LogP contribution in [0, 0.1) is 5.82 Å². The Morgan fingerprint density at radius 1 is 1.14 bits per heavy atom. The highest BCUT2D eigenvalue weighted by atomic mass is 79.9. The molecule has 0 saturated heterocycles. The lowest BCUT2D eigenvalue weighted by Gasteiger charge is -2.10. The molecular weight excluding hydrogens is 365 g/mol. The van der Waals surface area contributed by atoms with E-state index in [9.17, 15) is 17.6 Å². The number of aromatic carboxylic acids is 1. The van der Waals surface area contributed by atoms with Gasteiger partial charge in [-0.3, -0.25) is 4.72 Å². The van der Waals surface area contributed by atoms with Crippen molar-refractivity contribution in [3.8, 4) is 0 Å². The fraction of sp³-hybridized carbons (Fsp3) is 0. The molecule has 0 fully saturated rings. The topological polar surface area (TPSA) is 83.5 Å². The lowest BCUT2D eigenvalue weighted by molar-refractivity contribution is 0.0698. The summed E-state index contributed by atoms with van der Waals surface area (Å²) >= 11 is 3.18. The number of hydrogen-bond acceptors (Lipinski definition) is 3. The first-order valence-corrected chi connectivity index (χ1v) is 7.88. The second kappa shape index (κ2) is 5.82. The Bertz CT molecular complexity index is 790. The van der Waals surface area contributed by atoms with Crippen LogP contribution in [0.15, 0.2) is 51.8 Å². The molecule has 2 aromatic carbocycles. The van der Waals surface area contributed by atoms with Crippen molar-refractivity contribution < 1.29 is 22.7 Å². The molecule has 2 N–H and O–H groups in total. The van der Waals surface area contributed by atoms with E-state index in [1.807, 2.05) is 0 Å². The van der Waals surface area contributed by atoms with Gasteiger partial charge in [-0.25, -0.2) is 17.6 Å². The van der Waals surface area contributed by atoms with E-state index in [1.54, 1.807) is 0 Å². The van der Waals surface area contributed by atoms with Gasteiger partial charge in [-0.15, -0.1) is 0 Å². The van der Waals surface area contributed by atoms with E-state index in [0.29, 0.717) is 4.47 Å². The molecule has 0 unspecified atom stereocenters. The number of hydrogen-bond donors (Lipinski definition) is 2. The van der Waals surface area contributed by atoms with Crippen LogP contribution in [0.5, 0.6) is 0 Å². The molecule has 0 spiro atoms. The maximum Gasteiger partial charge on any atom is 0.337 e. The van der Waals surface area contributed by atoms with Gasteiger partial charge in [0.05, 0.1) is 16.1 Å². The van der Waals surface area contributed by atoms with Crippen LogP contribution in [-0.4, -0.2) is 19.5 Å². The third-order valence-corrected chi connectivity index (χ3v) is 4.49. The molecule has 0 aliphatic heterocycles. The Balaban J connectivity index is 2.43. The molecule has 0 saturated carbocycles. The number of carboxylic acid groups (broad SMARTS) is 1. The molecule has 2 rings (SSSR count). The normalized spacial score (nSPS) is 11.1. The smallest absolute Gasteiger partial charge is 0.337 e. The van der Waals surface area contributed by atoms with Crippen LogP contribution in [0.25, 0.3) is 0 Å². The van der Waals surface area contributed by atoms with E-state index in [2.05, 4.69) is 20.7 Å². The minimum atomic E-state index is -4.00.